The van der Waals surface area contributed by atoms with Crippen LogP contribution in [0, 0.1) is 0 Å². The summed E-state index contributed by atoms with van der Waals surface area (Å²) in [7, 11) is 4.71. The maximum Gasteiger partial charge on any atom is 0.224 e. The number of carbonyl (C=O) groups is 2. The molecule has 48 heavy (non-hydrogen) atoms. The number of aryl methyl sites for hydroxylation is 1. The molecule has 1 aromatic heterocycles. The van der Waals surface area contributed by atoms with E-state index in [2.05, 4.69) is 26.0 Å². The zero-order chi connectivity index (χ0) is 34.0. The molecule has 1 aliphatic rings. The first kappa shape index (κ1) is 34.0. The van der Waals surface area contributed by atoms with Gasteiger partial charge in [-0.05, 0) is 78.3 Å². The Morgan fingerprint density at radius 2 is 1.75 bits per heavy atom. The first-order valence-electron chi connectivity index (χ1n) is 16.0. The number of hydrogen-bond acceptors (Lipinski definition) is 9. The minimum Gasteiger partial charge on any atom is -0.493 e. The second-order valence-electron chi connectivity index (χ2n) is 11.7. The lowest BCUT2D eigenvalue weighted by Crippen LogP contribution is -2.26. The molecule has 0 fully saturated rings. The van der Waals surface area contributed by atoms with Crippen molar-refractivity contribution in [2.45, 2.75) is 58.0 Å². The molecule has 0 unspecified atom stereocenters. The summed E-state index contributed by atoms with van der Waals surface area (Å²) in [5, 5.41) is 13.4. The molecule has 3 aromatic carbocycles. The number of fused-ring (bicyclic) bond motifs is 3. The second kappa shape index (κ2) is 15.9. The number of carbonyl (C=O) groups excluding carboxylic acids is 2. The monoisotopic (exact) mass is 654 g/mol. The topological polar surface area (TPSA) is 146 Å². The second-order valence-corrected chi connectivity index (χ2v) is 11.7. The van der Waals surface area contributed by atoms with Gasteiger partial charge in [-0.25, -0.2) is 9.67 Å². The van der Waals surface area contributed by atoms with Crippen molar-refractivity contribution >= 4 is 23.2 Å². The molecule has 2 amide bonds. The molecule has 3 N–H and O–H groups in total. The number of methoxy groups -OCH3 is 3. The molecule has 0 radical (unpaired) electrons. The zero-order valence-electron chi connectivity index (χ0n) is 27.8. The van der Waals surface area contributed by atoms with Crippen molar-refractivity contribution in [3.05, 3.63) is 88.1 Å². The van der Waals surface area contributed by atoms with E-state index in [1.54, 1.807) is 44.5 Å². The predicted molar refractivity (Wildman–Crippen MR) is 184 cm³/mol. The Balaban J connectivity index is 1.22. The average molecular weight is 655 g/mol. The lowest BCUT2D eigenvalue weighted by molar-refractivity contribution is -0.119. The van der Waals surface area contributed by atoms with Gasteiger partial charge in [-0.3, -0.25) is 14.4 Å². The van der Waals surface area contributed by atoms with Crippen LogP contribution in [0.25, 0.3) is 11.1 Å². The van der Waals surface area contributed by atoms with Crippen LogP contribution in [0.4, 0.5) is 11.4 Å². The molecule has 12 heteroatoms. The van der Waals surface area contributed by atoms with Crippen LogP contribution in [-0.2, 0) is 22.6 Å². The van der Waals surface area contributed by atoms with E-state index in [0.29, 0.717) is 60.9 Å². The van der Waals surface area contributed by atoms with Gasteiger partial charge in [0.05, 0.1) is 39.6 Å². The molecule has 0 saturated heterocycles. The first-order chi connectivity index (χ1) is 23.3. The number of anilines is 2. The lowest BCUT2D eigenvalue weighted by Gasteiger charge is -2.19. The Bertz CT molecular complexity index is 1790. The fourth-order valence-corrected chi connectivity index (χ4v) is 6.08. The van der Waals surface area contributed by atoms with E-state index >= 15 is 0 Å². The quantitative estimate of drug-likeness (QED) is 0.158. The number of rotatable bonds is 14. The Morgan fingerprint density at radius 1 is 0.958 bits per heavy atom. The highest BCUT2D eigenvalue weighted by Gasteiger charge is 2.29. The number of aromatic nitrogens is 3. The fraction of sp³-hybridized carbons (Fsp3) is 0.361. The van der Waals surface area contributed by atoms with Crippen LogP contribution >= 0.6 is 0 Å². The summed E-state index contributed by atoms with van der Waals surface area (Å²) in [5.74, 6) is 1.30. The number of nitrogens with one attached hydrogen (secondary N) is 3. The van der Waals surface area contributed by atoms with Crippen LogP contribution in [0.2, 0.25) is 0 Å². The van der Waals surface area contributed by atoms with Crippen molar-refractivity contribution in [2.24, 2.45) is 0 Å². The van der Waals surface area contributed by atoms with Gasteiger partial charge >= 0.3 is 0 Å². The van der Waals surface area contributed by atoms with E-state index in [-0.39, 0.29) is 23.3 Å². The fourth-order valence-electron chi connectivity index (χ4n) is 6.08. The van der Waals surface area contributed by atoms with Gasteiger partial charge in [0.15, 0.2) is 11.5 Å². The van der Waals surface area contributed by atoms with Crippen LogP contribution in [0.15, 0.2) is 66.0 Å². The highest BCUT2D eigenvalue weighted by molar-refractivity contribution is 5.90. The normalized spacial score (nSPS) is 13.4. The molecule has 252 valence electrons. The van der Waals surface area contributed by atoms with Crippen LogP contribution in [-0.4, -0.2) is 54.5 Å². The minimum absolute atomic E-state index is 0.0379. The number of benzene rings is 2. The SMILES string of the molecule is COc1cc2c(c(OC)c1OC)-c1ccc(NCCCCCC(=O)Nc3ccc(Cn4cncn4)cc3)c(=O)cc1[C@@H](NC(C)=O)CC2. The summed E-state index contributed by atoms with van der Waals surface area (Å²) in [6, 6.07) is 14.5. The summed E-state index contributed by atoms with van der Waals surface area (Å²) in [6.07, 6.45) is 7.10. The molecular formula is C36H42N6O6. The number of amides is 2. The molecule has 1 atom stereocenters. The largest absolute Gasteiger partial charge is 0.493 e. The molecule has 1 aliphatic carbocycles. The van der Waals surface area contributed by atoms with Crippen molar-refractivity contribution < 1.29 is 23.8 Å². The Kier molecular flexibility index (Phi) is 11.3. The Labute approximate surface area is 279 Å². The van der Waals surface area contributed by atoms with Gasteiger partial charge in [0.25, 0.3) is 0 Å². The molecular weight excluding hydrogens is 612 g/mol. The predicted octanol–water partition coefficient (Wildman–Crippen LogP) is 5.11. The molecule has 0 aliphatic heterocycles. The maximum absolute atomic E-state index is 13.5. The van der Waals surface area contributed by atoms with Crippen LogP contribution in [0.3, 0.4) is 0 Å². The molecule has 0 spiro atoms. The van der Waals surface area contributed by atoms with E-state index in [1.807, 2.05) is 36.4 Å². The van der Waals surface area contributed by atoms with Gasteiger partial charge in [0.1, 0.15) is 12.7 Å². The molecule has 0 saturated carbocycles. The third-order valence-corrected chi connectivity index (χ3v) is 8.36. The zero-order valence-corrected chi connectivity index (χ0v) is 27.8. The van der Waals surface area contributed by atoms with Crippen molar-refractivity contribution in [2.75, 3.05) is 38.5 Å². The standard InChI is InChI=1S/C36H42N6O6/c1-23(43)40-29-15-11-25-18-32(46-2)35(47-3)36(48-4)34(25)27-14-16-30(31(44)19-28(27)29)38-17-7-5-6-8-33(45)41-26-12-9-24(10-13-26)20-42-22-37-21-39-42/h9-10,12-14,16,18-19,21-22,29H,5-8,11,15,17,20H2,1-4H3,(H,38,44)(H,40,43)(H,41,45)/t29-/m0/s1. The van der Waals surface area contributed by atoms with Gasteiger partial charge in [0, 0.05) is 31.1 Å². The van der Waals surface area contributed by atoms with Gasteiger partial charge in [-0.15, -0.1) is 0 Å². The van der Waals surface area contributed by atoms with E-state index in [9.17, 15) is 14.4 Å². The Morgan fingerprint density at radius 3 is 2.44 bits per heavy atom. The maximum atomic E-state index is 13.5. The molecule has 0 bridgehead atoms. The van der Waals surface area contributed by atoms with Crippen LogP contribution < -0.4 is 35.6 Å². The van der Waals surface area contributed by atoms with Crippen molar-refractivity contribution in [1.29, 1.82) is 0 Å². The molecule has 12 nitrogen and oxygen atoms in total. The van der Waals surface area contributed by atoms with Gasteiger partial charge in [-0.1, -0.05) is 24.6 Å². The highest BCUT2D eigenvalue weighted by Crippen LogP contribution is 2.50. The van der Waals surface area contributed by atoms with Crippen LogP contribution in [0.1, 0.15) is 61.8 Å². The van der Waals surface area contributed by atoms with E-state index in [0.717, 1.165) is 47.2 Å². The average Bonchev–Trinajstić information content (AvgIpc) is 3.48. The van der Waals surface area contributed by atoms with Crippen molar-refractivity contribution in [3.63, 3.8) is 0 Å². The first-order valence-corrected chi connectivity index (χ1v) is 16.0. The van der Waals surface area contributed by atoms with E-state index in [4.69, 9.17) is 14.2 Å². The van der Waals surface area contributed by atoms with Crippen molar-refractivity contribution in [3.8, 4) is 28.4 Å². The minimum atomic E-state index is -0.372. The summed E-state index contributed by atoms with van der Waals surface area (Å²) in [5.41, 5.74) is 5.35. The van der Waals surface area contributed by atoms with Gasteiger partial charge < -0.3 is 30.2 Å². The third kappa shape index (κ3) is 8.11. The molecule has 4 aromatic rings. The van der Waals surface area contributed by atoms with Gasteiger partial charge in [-0.2, -0.15) is 5.10 Å². The number of ether oxygens (including phenoxy) is 3. The Hall–Kier alpha value is -5.39. The number of unbranched alkanes of at least 4 members (excludes halogenated alkanes) is 2. The van der Waals surface area contributed by atoms with Crippen LogP contribution in [0.5, 0.6) is 17.2 Å². The highest BCUT2D eigenvalue weighted by atomic mass is 16.5. The summed E-state index contributed by atoms with van der Waals surface area (Å²) in [4.78, 5) is 42.1. The third-order valence-electron chi connectivity index (χ3n) is 8.36. The van der Waals surface area contributed by atoms with E-state index < -0.39 is 0 Å². The van der Waals surface area contributed by atoms with Gasteiger partial charge in [0.2, 0.25) is 23.0 Å². The molecule has 1 heterocycles. The lowest BCUT2D eigenvalue weighted by atomic mass is 9.95. The number of hydrogen-bond donors (Lipinski definition) is 3. The summed E-state index contributed by atoms with van der Waals surface area (Å²) < 4.78 is 18.9. The van der Waals surface area contributed by atoms with E-state index in [1.165, 1.54) is 13.3 Å². The van der Waals surface area contributed by atoms with Crippen molar-refractivity contribution in [1.82, 2.24) is 20.1 Å². The summed E-state index contributed by atoms with van der Waals surface area (Å²) in [6.45, 7) is 2.66. The molecule has 5 rings (SSSR count). The smallest absolute Gasteiger partial charge is 0.224 e. The number of nitrogens with zero attached hydrogens (tertiary/aromatic N) is 3. The summed E-state index contributed by atoms with van der Waals surface area (Å²) >= 11 is 0.